The third-order valence-electron chi connectivity index (χ3n) is 3.58. The van der Waals surface area contributed by atoms with Gasteiger partial charge in [-0.1, -0.05) is 24.6 Å². The molecule has 1 nitrogen and oxygen atoms in total. The van der Waals surface area contributed by atoms with Crippen molar-refractivity contribution in [2.45, 2.75) is 30.2 Å². The average Bonchev–Trinajstić information content (AvgIpc) is 2.60. The Kier molecular flexibility index (Phi) is 2.72. The molecule has 0 saturated heterocycles. The van der Waals surface area contributed by atoms with Crippen LogP contribution in [0.25, 0.3) is 0 Å². The zero-order chi connectivity index (χ0) is 10.1. The highest BCUT2D eigenvalue weighted by atomic mass is 32.2. The molecule has 1 atom stereocenters. The summed E-state index contributed by atoms with van der Waals surface area (Å²) in [4.78, 5) is 1.48. The molecule has 1 saturated carbocycles. The molecule has 1 aromatic rings. The fraction of sp³-hybridized carbons (Fsp3) is 0.538. The summed E-state index contributed by atoms with van der Waals surface area (Å²) < 4.78 is 0. The first-order chi connectivity index (χ1) is 7.43. The molecule has 1 aromatic carbocycles. The molecule has 3 rings (SSSR count). The predicted octanol–water partition coefficient (Wildman–Crippen LogP) is 3.22. The number of fused-ring (bicyclic) bond motifs is 1. The molecule has 80 valence electrons. The monoisotopic (exact) mass is 219 g/mol. The Labute approximate surface area is 95.6 Å². The third-order valence-corrected chi connectivity index (χ3v) is 4.76. The summed E-state index contributed by atoms with van der Waals surface area (Å²) in [5.74, 6) is 2.18. The van der Waals surface area contributed by atoms with E-state index in [1.165, 1.54) is 42.0 Å². The first kappa shape index (κ1) is 9.73. The molecular formula is C13H17NS. The maximum Gasteiger partial charge on any atom is 0.0426 e. The van der Waals surface area contributed by atoms with Crippen molar-refractivity contribution in [3.05, 3.63) is 29.8 Å². The van der Waals surface area contributed by atoms with Gasteiger partial charge >= 0.3 is 0 Å². The van der Waals surface area contributed by atoms with Crippen LogP contribution in [0.15, 0.2) is 29.2 Å². The van der Waals surface area contributed by atoms with Gasteiger partial charge in [0.05, 0.1) is 0 Å². The van der Waals surface area contributed by atoms with Crippen molar-refractivity contribution in [1.29, 1.82) is 0 Å². The Morgan fingerprint density at radius 3 is 2.93 bits per heavy atom. The van der Waals surface area contributed by atoms with Crippen LogP contribution in [0, 0.1) is 5.92 Å². The van der Waals surface area contributed by atoms with Crippen LogP contribution in [0.2, 0.25) is 0 Å². The quantitative estimate of drug-likeness (QED) is 0.837. The van der Waals surface area contributed by atoms with E-state index >= 15 is 0 Å². The molecule has 1 heterocycles. The Morgan fingerprint density at radius 2 is 2.13 bits per heavy atom. The average molecular weight is 219 g/mol. The molecule has 0 bridgehead atoms. The van der Waals surface area contributed by atoms with Gasteiger partial charge in [0, 0.05) is 16.7 Å². The van der Waals surface area contributed by atoms with Gasteiger partial charge in [0.2, 0.25) is 0 Å². The van der Waals surface area contributed by atoms with Crippen LogP contribution in [-0.2, 0) is 0 Å². The van der Waals surface area contributed by atoms with E-state index in [4.69, 9.17) is 0 Å². The summed E-state index contributed by atoms with van der Waals surface area (Å²) in [5, 5.41) is 3.72. The minimum absolute atomic E-state index is 0.604. The first-order valence-corrected chi connectivity index (χ1v) is 6.87. The molecule has 0 amide bonds. The Morgan fingerprint density at radius 1 is 1.27 bits per heavy atom. The second-order valence-electron chi connectivity index (χ2n) is 4.61. The van der Waals surface area contributed by atoms with Crippen molar-refractivity contribution >= 4 is 11.8 Å². The number of hydrogen-bond acceptors (Lipinski definition) is 2. The lowest BCUT2D eigenvalue weighted by molar-refractivity contribution is 0.293. The van der Waals surface area contributed by atoms with Crippen molar-refractivity contribution in [3.8, 4) is 0 Å². The summed E-state index contributed by atoms with van der Waals surface area (Å²) in [6.45, 7) is 1.22. The lowest BCUT2D eigenvalue weighted by Gasteiger charge is -2.27. The SMILES string of the molecule is c1ccc2c(c1)SCC2NCC1CCC1. The number of hydrogen-bond donors (Lipinski definition) is 1. The van der Waals surface area contributed by atoms with E-state index in [1.54, 1.807) is 0 Å². The standard InChI is InChI=1S/C13H17NS/c1-2-7-13-11(6-1)12(9-15-13)14-8-10-4-3-5-10/h1-2,6-7,10,12,14H,3-5,8-9H2. The predicted molar refractivity (Wildman–Crippen MR) is 65.3 cm³/mol. The summed E-state index contributed by atoms with van der Waals surface area (Å²) in [7, 11) is 0. The van der Waals surface area contributed by atoms with Gasteiger partial charge in [-0.05, 0) is 36.9 Å². The van der Waals surface area contributed by atoms with E-state index in [9.17, 15) is 0 Å². The van der Waals surface area contributed by atoms with Gasteiger partial charge in [-0.15, -0.1) is 11.8 Å². The van der Waals surface area contributed by atoms with E-state index in [0.717, 1.165) is 5.92 Å². The van der Waals surface area contributed by atoms with E-state index in [0.29, 0.717) is 6.04 Å². The van der Waals surface area contributed by atoms with Crippen molar-refractivity contribution in [2.24, 2.45) is 5.92 Å². The van der Waals surface area contributed by atoms with Gasteiger partial charge < -0.3 is 5.32 Å². The zero-order valence-electron chi connectivity index (χ0n) is 8.91. The fourth-order valence-electron chi connectivity index (χ4n) is 2.34. The third kappa shape index (κ3) is 1.93. The van der Waals surface area contributed by atoms with Crippen LogP contribution in [0.3, 0.4) is 0 Å². The van der Waals surface area contributed by atoms with Gasteiger partial charge in [0.1, 0.15) is 0 Å². The molecule has 0 radical (unpaired) electrons. The zero-order valence-corrected chi connectivity index (χ0v) is 9.72. The van der Waals surface area contributed by atoms with E-state index in [-0.39, 0.29) is 0 Å². The highest BCUT2D eigenvalue weighted by Crippen LogP contribution is 2.38. The van der Waals surface area contributed by atoms with Crippen LogP contribution >= 0.6 is 11.8 Å². The Balaban J connectivity index is 1.63. The van der Waals surface area contributed by atoms with Crippen molar-refractivity contribution in [2.75, 3.05) is 12.3 Å². The van der Waals surface area contributed by atoms with Crippen LogP contribution in [0.1, 0.15) is 30.9 Å². The van der Waals surface area contributed by atoms with Crippen molar-refractivity contribution < 1.29 is 0 Å². The summed E-state index contributed by atoms with van der Waals surface area (Å²) in [6, 6.07) is 9.41. The minimum atomic E-state index is 0.604. The molecule has 1 unspecified atom stereocenters. The molecule has 1 aliphatic heterocycles. The molecule has 1 N–H and O–H groups in total. The molecule has 1 aliphatic carbocycles. The van der Waals surface area contributed by atoms with Gasteiger partial charge in [0.25, 0.3) is 0 Å². The summed E-state index contributed by atoms with van der Waals surface area (Å²) in [6.07, 6.45) is 4.32. The lowest BCUT2D eigenvalue weighted by atomic mass is 9.85. The normalized spacial score (nSPS) is 24.9. The summed E-state index contributed by atoms with van der Waals surface area (Å²) in [5.41, 5.74) is 1.52. The number of thioether (sulfide) groups is 1. The molecular weight excluding hydrogens is 202 g/mol. The topological polar surface area (TPSA) is 12.0 Å². The maximum absolute atomic E-state index is 3.72. The van der Waals surface area contributed by atoms with Crippen LogP contribution in [0.5, 0.6) is 0 Å². The second kappa shape index (κ2) is 4.18. The summed E-state index contributed by atoms with van der Waals surface area (Å²) >= 11 is 1.99. The molecule has 1 fully saturated rings. The smallest absolute Gasteiger partial charge is 0.0426 e. The second-order valence-corrected chi connectivity index (χ2v) is 5.67. The fourth-order valence-corrected chi connectivity index (χ4v) is 3.53. The maximum atomic E-state index is 3.72. The number of benzene rings is 1. The molecule has 0 spiro atoms. The first-order valence-electron chi connectivity index (χ1n) is 5.88. The molecule has 15 heavy (non-hydrogen) atoms. The van der Waals surface area contributed by atoms with E-state index in [2.05, 4.69) is 29.6 Å². The Bertz CT molecular complexity index is 346. The highest BCUT2D eigenvalue weighted by molar-refractivity contribution is 7.99. The number of rotatable bonds is 3. The van der Waals surface area contributed by atoms with Gasteiger partial charge in [0.15, 0.2) is 0 Å². The minimum Gasteiger partial charge on any atom is -0.309 e. The molecule has 0 aromatic heterocycles. The van der Waals surface area contributed by atoms with Crippen molar-refractivity contribution in [3.63, 3.8) is 0 Å². The van der Waals surface area contributed by atoms with Gasteiger partial charge in [-0.25, -0.2) is 0 Å². The largest absolute Gasteiger partial charge is 0.309 e. The highest BCUT2D eigenvalue weighted by Gasteiger charge is 2.24. The molecule has 2 aliphatic rings. The van der Waals surface area contributed by atoms with Crippen molar-refractivity contribution in [1.82, 2.24) is 5.32 Å². The lowest BCUT2D eigenvalue weighted by Crippen LogP contribution is -2.30. The van der Waals surface area contributed by atoms with Crippen LogP contribution < -0.4 is 5.32 Å². The van der Waals surface area contributed by atoms with Crippen LogP contribution in [-0.4, -0.2) is 12.3 Å². The van der Waals surface area contributed by atoms with E-state index < -0.39 is 0 Å². The van der Waals surface area contributed by atoms with E-state index in [1.807, 2.05) is 11.8 Å². The number of nitrogens with one attached hydrogen (secondary N) is 1. The Hall–Kier alpha value is -0.470. The van der Waals surface area contributed by atoms with Gasteiger partial charge in [-0.3, -0.25) is 0 Å². The van der Waals surface area contributed by atoms with Gasteiger partial charge in [-0.2, -0.15) is 0 Å². The molecule has 2 heteroatoms. The van der Waals surface area contributed by atoms with Crippen LogP contribution in [0.4, 0.5) is 0 Å².